The molecule has 0 aliphatic carbocycles. The van der Waals surface area contributed by atoms with Crippen LogP contribution in [0.4, 0.5) is 4.79 Å². The van der Waals surface area contributed by atoms with Gasteiger partial charge in [0.15, 0.2) is 10.8 Å². The molecule has 3 N–H and O–H groups in total. The standard InChI is InChI=1S/C16H15ClN6O3S/c1-2-18-15(26)20-12(24)8-27-16-21-13-11(14(25)22-16)7-19-23(13)10-5-3-4-9(17)6-10/h3-7H,2,8H2,1H3,(H,21,22,25)(H2,18,20,24,26). The second-order valence-electron chi connectivity index (χ2n) is 5.34. The predicted molar refractivity (Wildman–Crippen MR) is 102 cm³/mol. The number of hydrogen-bond donors (Lipinski definition) is 3. The Morgan fingerprint density at radius 1 is 1.37 bits per heavy atom. The SMILES string of the molecule is CCNC(=O)NC(=O)CSc1nc2c(cnn2-c2cccc(Cl)c2)c(=O)[nH]1. The number of halogens is 1. The topological polar surface area (TPSA) is 122 Å². The smallest absolute Gasteiger partial charge is 0.321 e. The van der Waals surface area contributed by atoms with Gasteiger partial charge in [-0.25, -0.2) is 14.5 Å². The highest BCUT2D eigenvalue weighted by Gasteiger charge is 2.14. The highest BCUT2D eigenvalue weighted by molar-refractivity contribution is 7.99. The van der Waals surface area contributed by atoms with Crippen LogP contribution < -0.4 is 16.2 Å². The Morgan fingerprint density at radius 3 is 2.93 bits per heavy atom. The molecule has 0 saturated carbocycles. The Kier molecular flexibility index (Phi) is 5.77. The fraction of sp³-hybridized carbons (Fsp3) is 0.188. The number of carbonyl (C=O) groups is 2. The molecule has 9 nitrogen and oxygen atoms in total. The molecule has 140 valence electrons. The fourth-order valence-electron chi connectivity index (χ4n) is 2.26. The van der Waals surface area contributed by atoms with Crippen LogP contribution in [-0.2, 0) is 4.79 Å². The Morgan fingerprint density at radius 2 is 2.19 bits per heavy atom. The number of hydrogen-bond acceptors (Lipinski definition) is 6. The molecule has 3 aromatic rings. The molecule has 3 rings (SSSR count). The van der Waals surface area contributed by atoms with Crippen molar-refractivity contribution in [1.82, 2.24) is 30.4 Å². The lowest BCUT2D eigenvalue weighted by Crippen LogP contribution is -2.40. The number of rotatable bonds is 5. The molecule has 27 heavy (non-hydrogen) atoms. The van der Waals surface area contributed by atoms with Crippen molar-refractivity contribution in [1.29, 1.82) is 0 Å². The third-order valence-electron chi connectivity index (χ3n) is 3.40. The van der Waals surface area contributed by atoms with Crippen molar-refractivity contribution < 1.29 is 9.59 Å². The number of nitrogens with one attached hydrogen (secondary N) is 3. The Bertz CT molecular complexity index is 1060. The van der Waals surface area contributed by atoms with Crippen molar-refractivity contribution >= 4 is 46.3 Å². The van der Waals surface area contributed by atoms with Gasteiger partial charge in [-0.15, -0.1) is 0 Å². The predicted octanol–water partition coefficient (Wildman–Crippen LogP) is 1.70. The number of carbonyl (C=O) groups excluding carboxylic acids is 2. The lowest BCUT2D eigenvalue weighted by Gasteiger charge is -2.06. The molecule has 0 atom stereocenters. The highest BCUT2D eigenvalue weighted by atomic mass is 35.5. The van der Waals surface area contributed by atoms with Crippen molar-refractivity contribution in [3.63, 3.8) is 0 Å². The average Bonchev–Trinajstić information content (AvgIpc) is 3.05. The molecule has 11 heteroatoms. The largest absolute Gasteiger partial charge is 0.338 e. The molecule has 0 radical (unpaired) electrons. The molecule has 1 aromatic carbocycles. The van der Waals surface area contributed by atoms with Gasteiger partial charge in [0.25, 0.3) is 5.56 Å². The highest BCUT2D eigenvalue weighted by Crippen LogP contribution is 2.19. The summed E-state index contributed by atoms with van der Waals surface area (Å²) in [5.41, 5.74) is 0.619. The van der Waals surface area contributed by atoms with E-state index in [1.54, 1.807) is 31.2 Å². The van der Waals surface area contributed by atoms with Gasteiger partial charge in [-0.3, -0.25) is 14.9 Å². The molecule has 0 aliphatic rings. The van der Waals surface area contributed by atoms with E-state index in [0.29, 0.717) is 28.3 Å². The number of H-pyrrole nitrogens is 1. The first-order valence-corrected chi connectivity index (χ1v) is 9.28. The summed E-state index contributed by atoms with van der Waals surface area (Å²) in [6.07, 6.45) is 1.41. The first-order valence-electron chi connectivity index (χ1n) is 7.92. The van der Waals surface area contributed by atoms with E-state index < -0.39 is 11.9 Å². The second-order valence-corrected chi connectivity index (χ2v) is 6.74. The number of thioether (sulfide) groups is 1. The van der Waals surface area contributed by atoms with Crippen LogP contribution in [0.3, 0.4) is 0 Å². The van der Waals surface area contributed by atoms with Crippen LogP contribution in [0.25, 0.3) is 16.7 Å². The lowest BCUT2D eigenvalue weighted by atomic mass is 10.3. The van der Waals surface area contributed by atoms with E-state index in [1.165, 1.54) is 10.9 Å². The van der Waals surface area contributed by atoms with E-state index in [4.69, 9.17) is 11.6 Å². The summed E-state index contributed by atoms with van der Waals surface area (Å²) >= 11 is 7.02. The minimum Gasteiger partial charge on any atom is -0.338 e. The monoisotopic (exact) mass is 406 g/mol. The Labute approximate surface area is 162 Å². The van der Waals surface area contributed by atoms with Gasteiger partial charge in [-0.05, 0) is 25.1 Å². The summed E-state index contributed by atoms with van der Waals surface area (Å²) in [5.74, 6) is -0.589. The molecule has 0 fully saturated rings. The maximum absolute atomic E-state index is 12.3. The summed E-state index contributed by atoms with van der Waals surface area (Å²) < 4.78 is 1.50. The number of amides is 3. The number of aromatic amines is 1. The normalized spacial score (nSPS) is 10.7. The van der Waals surface area contributed by atoms with Crippen LogP contribution in [0.2, 0.25) is 5.02 Å². The molecule has 0 bridgehead atoms. The van der Waals surface area contributed by atoms with Crippen LogP contribution in [0, 0.1) is 0 Å². The third kappa shape index (κ3) is 4.47. The molecule has 0 aliphatic heterocycles. The van der Waals surface area contributed by atoms with E-state index in [9.17, 15) is 14.4 Å². The van der Waals surface area contributed by atoms with Crippen LogP contribution >= 0.6 is 23.4 Å². The van der Waals surface area contributed by atoms with Crippen molar-refractivity contribution in [3.05, 3.63) is 45.8 Å². The third-order valence-corrected chi connectivity index (χ3v) is 4.51. The van der Waals surface area contributed by atoms with E-state index in [-0.39, 0.29) is 16.5 Å². The van der Waals surface area contributed by atoms with Crippen molar-refractivity contribution in [2.24, 2.45) is 0 Å². The van der Waals surface area contributed by atoms with Crippen molar-refractivity contribution in [2.75, 3.05) is 12.3 Å². The van der Waals surface area contributed by atoms with Gasteiger partial charge in [-0.1, -0.05) is 29.4 Å². The Hall–Kier alpha value is -2.85. The zero-order valence-electron chi connectivity index (χ0n) is 14.2. The van der Waals surface area contributed by atoms with Crippen molar-refractivity contribution in [3.8, 4) is 5.69 Å². The minimum absolute atomic E-state index is 0.0864. The zero-order valence-corrected chi connectivity index (χ0v) is 15.7. The van der Waals surface area contributed by atoms with Gasteiger partial charge in [-0.2, -0.15) is 5.10 Å². The van der Waals surface area contributed by atoms with Gasteiger partial charge in [0.05, 0.1) is 17.6 Å². The Balaban J connectivity index is 1.83. The number of aromatic nitrogens is 4. The quantitative estimate of drug-likeness (QED) is 0.438. The molecular weight excluding hydrogens is 392 g/mol. The van der Waals surface area contributed by atoms with Gasteiger partial charge < -0.3 is 10.3 Å². The van der Waals surface area contributed by atoms with E-state index in [0.717, 1.165) is 11.8 Å². The number of nitrogens with zero attached hydrogens (tertiary/aromatic N) is 3. The van der Waals surface area contributed by atoms with E-state index in [1.807, 2.05) is 0 Å². The number of fused-ring (bicyclic) bond motifs is 1. The molecule has 0 saturated heterocycles. The molecule has 0 unspecified atom stereocenters. The first-order chi connectivity index (χ1) is 13.0. The second kappa shape index (κ2) is 8.23. The molecule has 0 spiro atoms. The molecule has 2 aromatic heterocycles. The number of urea groups is 1. The maximum atomic E-state index is 12.3. The lowest BCUT2D eigenvalue weighted by molar-refractivity contribution is -0.117. The first kappa shape index (κ1) is 18.9. The molecular formula is C16H15ClN6O3S. The minimum atomic E-state index is -0.570. The molecule has 3 amide bonds. The maximum Gasteiger partial charge on any atom is 0.321 e. The van der Waals surface area contributed by atoms with Crippen LogP contribution in [-0.4, -0.2) is 44.0 Å². The fourth-order valence-corrected chi connectivity index (χ4v) is 3.11. The van der Waals surface area contributed by atoms with Gasteiger partial charge in [0, 0.05) is 11.6 Å². The van der Waals surface area contributed by atoms with Crippen LogP contribution in [0.1, 0.15) is 6.92 Å². The molecule has 2 heterocycles. The van der Waals surface area contributed by atoms with E-state index in [2.05, 4.69) is 25.7 Å². The van der Waals surface area contributed by atoms with Gasteiger partial charge in [0.2, 0.25) is 5.91 Å². The summed E-state index contributed by atoms with van der Waals surface area (Å²) in [6.45, 7) is 2.15. The van der Waals surface area contributed by atoms with E-state index >= 15 is 0 Å². The zero-order chi connectivity index (χ0) is 19.4. The summed E-state index contributed by atoms with van der Waals surface area (Å²) in [5, 5.41) is 9.91. The summed E-state index contributed by atoms with van der Waals surface area (Å²) in [7, 11) is 0. The number of benzene rings is 1. The summed E-state index contributed by atoms with van der Waals surface area (Å²) in [6, 6.07) is 6.40. The van der Waals surface area contributed by atoms with Crippen LogP contribution in [0.15, 0.2) is 40.4 Å². The van der Waals surface area contributed by atoms with Gasteiger partial charge >= 0.3 is 6.03 Å². The average molecular weight is 407 g/mol. The van der Waals surface area contributed by atoms with Crippen LogP contribution in [0.5, 0.6) is 0 Å². The number of imide groups is 1. The summed E-state index contributed by atoms with van der Waals surface area (Å²) in [4.78, 5) is 42.4. The van der Waals surface area contributed by atoms with Crippen molar-refractivity contribution in [2.45, 2.75) is 12.1 Å². The van der Waals surface area contributed by atoms with Gasteiger partial charge in [0.1, 0.15) is 5.39 Å².